The third kappa shape index (κ3) is 2.57. The lowest BCUT2D eigenvalue weighted by molar-refractivity contribution is 0.0983. The van der Waals surface area contributed by atoms with Gasteiger partial charge in [0, 0.05) is 13.2 Å². The Labute approximate surface area is 112 Å². The Balaban J connectivity index is 1.92. The lowest BCUT2D eigenvalue weighted by Crippen LogP contribution is -2.18. The molecule has 19 heavy (non-hydrogen) atoms. The van der Waals surface area contributed by atoms with Gasteiger partial charge >= 0.3 is 0 Å². The van der Waals surface area contributed by atoms with Gasteiger partial charge in [-0.15, -0.1) is 0 Å². The fourth-order valence-corrected chi connectivity index (χ4v) is 2.55. The molecule has 5 heteroatoms. The fourth-order valence-electron chi connectivity index (χ4n) is 2.55. The second-order valence-electron chi connectivity index (χ2n) is 4.82. The van der Waals surface area contributed by atoms with E-state index in [-0.39, 0.29) is 12.7 Å². The molecule has 102 valence electrons. The molecule has 0 aliphatic carbocycles. The number of nitrogens with zero attached hydrogens (tertiary/aromatic N) is 2. The Kier molecular flexibility index (Phi) is 3.66. The molecule has 1 aromatic carbocycles. The molecular weight excluding hydrogens is 242 g/mol. The van der Waals surface area contributed by atoms with Crippen molar-refractivity contribution in [3.63, 3.8) is 0 Å². The number of hydrogen-bond acceptors (Lipinski definition) is 4. The molecule has 0 saturated carbocycles. The van der Waals surface area contributed by atoms with E-state index in [1.165, 1.54) is 0 Å². The Morgan fingerprint density at radius 2 is 2.32 bits per heavy atom. The largest absolute Gasteiger partial charge is 0.395 e. The number of aliphatic hydroxyl groups excluding tert-OH is 1. The summed E-state index contributed by atoms with van der Waals surface area (Å²) in [6.45, 7) is 2.28. The summed E-state index contributed by atoms with van der Waals surface area (Å²) in [4.78, 5) is 4.58. The number of aliphatic hydroxyl groups is 1. The topological polar surface area (TPSA) is 59.3 Å². The first-order valence-electron chi connectivity index (χ1n) is 6.80. The summed E-state index contributed by atoms with van der Waals surface area (Å²) in [6.07, 6.45) is 2.51. The molecule has 2 N–H and O–H groups in total. The zero-order chi connectivity index (χ0) is 13.1. The normalized spacial score (nSPS) is 19.1. The maximum absolute atomic E-state index is 8.95. The number of rotatable bonds is 5. The molecule has 1 aliphatic rings. The maximum atomic E-state index is 8.95. The summed E-state index contributed by atoms with van der Waals surface area (Å²) in [5.74, 6) is 0.811. The van der Waals surface area contributed by atoms with Crippen molar-refractivity contribution < 1.29 is 9.84 Å². The number of ether oxygens (including phenoxy) is 1. The third-order valence-electron chi connectivity index (χ3n) is 3.46. The van der Waals surface area contributed by atoms with Crippen molar-refractivity contribution in [3.8, 4) is 0 Å². The van der Waals surface area contributed by atoms with E-state index in [1.807, 2.05) is 18.2 Å². The Bertz CT molecular complexity index is 547. The van der Waals surface area contributed by atoms with E-state index in [4.69, 9.17) is 9.84 Å². The number of benzene rings is 1. The molecule has 0 radical (unpaired) electrons. The summed E-state index contributed by atoms with van der Waals surface area (Å²) in [5.41, 5.74) is 2.08. The summed E-state index contributed by atoms with van der Waals surface area (Å²) in [5, 5.41) is 12.1. The summed E-state index contributed by atoms with van der Waals surface area (Å²) >= 11 is 0. The van der Waals surface area contributed by atoms with Gasteiger partial charge in [-0.3, -0.25) is 0 Å². The van der Waals surface area contributed by atoms with Crippen molar-refractivity contribution in [3.05, 3.63) is 24.3 Å². The van der Waals surface area contributed by atoms with Crippen LogP contribution >= 0.6 is 0 Å². The van der Waals surface area contributed by atoms with Crippen molar-refractivity contribution in [2.24, 2.45) is 0 Å². The molecule has 2 heterocycles. The highest BCUT2D eigenvalue weighted by atomic mass is 16.5. The van der Waals surface area contributed by atoms with E-state index in [0.717, 1.165) is 43.0 Å². The first kappa shape index (κ1) is 12.4. The van der Waals surface area contributed by atoms with Crippen LogP contribution in [0.3, 0.4) is 0 Å². The Morgan fingerprint density at radius 3 is 3.11 bits per heavy atom. The molecule has 1 saturated heterocycles. The fraction of sp³-hybridized carbons (Fsp3) is 0.500. The van der Waals surface area contributed by atoms with Gasteiger partial charge in [-0.25, -0.2) is 4.98 Å². The molecular formula is C14H19N3O2. The maximum Gasteiger partial charge on any atom is 0.204 e. The van der Waals surface area contributed by atoms with E-state index in [9.17, 15) is 0 Å². The van der Waals surface area contributed by atoms with Crippen LogP contribution < -0.4 is 5.32 Å². The zero-order valence-electron chi connectivity index (χ0n) is 10.9. The lowest BCUT2D eigenvalue weighted by Gasteiger charge is -2.14. The van der Waals surface area contributed by atoms with Gasteiger partial charge in [0.05, 0.1) is 30.3 Å². The molecule has 0 spiro atoms. The summed E-state index contributed by atoms with van der Waals surface area (Å²) < 4.78 is 7.86. The van der Waals surface area contributed by atoms with Crippen molar-refractivity contribution >= 4 is 17.0 Å². The smallest absolute Gasteiger partial charge is 0.204 e. The van der Waals surface area contributed by atoms with Crippen molar-refractivity contribution in [1.29, 1.82) is 0 Å². The van der Waals surface area contributed by atoms with Crippen molar-refractivity contribution in [2.45, 2.75) is 25.5 Å². The number of nitrogens with one attached hydrogen (secondary N) is 1. The molecule has 1 aromatic heterocycles. The average Bonchev–Trinajstić information content (AvgIpc) is 3.06. The van der Waals surface area contributed by atoms with E-state index < -0.39 is 0 Å². The Morgan fingerprint density at radius 1 is 1.42 bits per heavy atom. The molecule has 2 aromatic rings. The van der Waals surface area contributed by atoms with Gasteiger partial charge in [-0.2, -0.15) is 0 Å². The molecule has 0 amide bonds. The van der Waals surface area contributed by atoms with Crippen LogP contribution in [0.2, 0.25) is 0 Å². The highest BCUT2D eigenvalue weighted by Gasteiger charge is 2.19. The van der Waals surface area contributed by atoms with Gasteiger partial charge in [0.2, 0.25) is 5.95 Å². The van der Waals surface area contributed by atoms with Crippen LogP contribution in [-0.2, 0) is 11.3 Å². The van der Waals surface area contributed by atoms with E-state index in [1.54, 1.807) is 0 Å². The molecule has 1 fully saturated rings. The molecule has 0 bridgehead atoms. The summed E-state index contributed by atoms with van der Waals surface area (Å²) in [6, 6.07) is 8.08. The van der Waals surface area contributed by atoms with Crippen molar-refractivity contribution in [2.75, 3.05) is 25.1 Å². The van der Waals surface area contributed by atoms with E-state index >= 15 is 0 Å². The first-order chi connectivity index (χ1) is 9.38. The number of aromatic nitrogens is 2. The van der Waals surface area contributed by atoms with E-state index in [2.05, 4.69) is 20.9 Å². The standard InChI is InChI=1S/C14H19N3O2/c18-8-7-15-14-16-12-5-1-2-6-13(12)17(14)10-11-4-3-9-19-11/h1-2,5-6,11,18H,3-4,7-10H2,(H,15,16). The predicted molar refractivity (Wildman–Crippen MR) is 74.3 cm³/mol. The number of imidazole rings is 1. The molecule has 5 nitrogen and oxygen atoms in total. The number of para-hydroxylation sites is 2. The molecule has 1 atom stereocenters. The number of hydrogen-bond donors (Lipinski definition) is 2. The molecule has 3 rings (SSSR count). The van der Waals surface area contributed by atoms with Crippen LogP contribution in [0.25, 0.3) is 11.0 Å². The highest BCUT2D eigenvalue weighted by molar-refractivity contribution is 5.78. The minimum Gasteiger partial charge on any atom is -0.395 e. The second-order valence-corrected chi connectivity index (χ2v) is 4.82. The molecule has 1 unspecified atom stereocenters. The first-order valence-corrected chi connectivity index (χ1v) is 6.80. The van der Waals surface area contributed by atoms with E-state index in [0.29, 0.717) is 6.54 Å². The zero-order valence-corrected chi connectivity index (χ0v) is 10.9. The highest BCUT2D eigenvalue weighted by Crippen LogP contribution is 2.23. The molecule has 1 aliphatic heterocycles. The average molecular weight is 261 g/mol. The van der Waals surface area contributed by atoms with Gasteiger partial charge < -0.3 is 19.7 Å². The SMILES string of the molecule is OCCNc1nc2ccccc2n1CC1CCCO1. The summed E-state index contributed by atoms with van der Waals surface area (Å²) in [7, 11) is 0. The number of fused-ring (bicyclic) bond motifs is 1. The minimum absolute atomic E-state index is 0.100. The number of anilines is 1. The minimum atomic E-state index is 0.100. The monoisotopic (exact) mass is 261 g/mol. The predicted octanol–water partition coefficient (Wildman–Crippen LogP) is 1.62. The van der Waals surface area contributed by atoms with Crippen LogP contribution in [0, 0.1) is 0 Å². The van der Waals surface area contributed by atoms with Gasteiger partial charge in [0.25, 0.3) is 0 Å². The van der Waals surface area contributed by atoms with Gasteiger partial charge in [-0.05, 0) is 25.0 Å². The van der Waals surface area contributed by atoms with Crippen LogP contribution in [0.1, 0.15) is 12.8 Å². The van der Waals surface area contributed by atoms with Gasteiger partial charge in [-0.1, -0.05) is 12.1 Å². The Hall–Kier alpha value is -1.59. The van der Waals surface area contributed by atoms with Gasteiger partial charge in [0.15, 0.2) is 0 Å². The van der Waals surface area contributed by atoms with Crippen LogP contribution in [0.5, 0.6) is 0 Å². The lowest BCUT2D eigenvalue weighted by atomic mass is 10.2. The van der Waals surface area contributed by atoms with Gasteiger partial charge in [0.1, 0.15) is 0 Å². The van der Waals surface area contributed by atoms with Crippen LogP contribution in [0.15, 0.2) is 24.3 Å². The second kappa shape index (κ2) is 5.59. The van der Waals surface area contributed by atoms with Crippen LogP contribution in [-0.4, -0.2) is 40.5 Å². The van der Waals surface area contributed by atoms with Crippen LogP contribution in [0.4, 0.5) is 5.95 Å². The van der Waals surface area contributed by atoms with Crippen molar-refractivity contribution in [1.82, 2.24) is 9.55 Å². The quantitative estimate of drug-likeness (QED) is 0.858. The third-order valence-corrected chi connectivity index (χ3v) is 3.46.